The van der Waals surface area contributed by atoms with Gasteiger partial charge in [0.1, 0.15) is 23.2 Å². The Bertz CT molecular complexity index is 1580. The van der Waals surface area contributed by atoms with Crippen LogP contribution in [0.15, 0.2) is 34.6 Å². The predicted molar refractivity (Wildman–Crippen MR) is 140 cm³/mol. The zero-order valence-electron chi connectivity index (χ0n) is 21.1. The molecule has 2 aliphatic rings. The Morgan fingerprint density at radius 3 is 2.50 bits per heavy atom. The average molecular weight is 534 g/mol. The van der Waals surface area contributed by atoms with Crippen LogP contribution < -0.4 is 15.6 Å². The van der Waals surface area contributed by atoms with Crippen LogP contribution in [0.3, 0.4) is 0 Å². The van der Waals surface area contributed by atoms with Crippen LogP contribution in [-0.4, -0.2) is 56.5 Å². The van der Waals surface area contributed by atoms with Crippen molar-refractivity contribution in [3.05, 3.63) is 46.8 Å². The molecule has 0 amide bonds. The van der Waals surface area contributed by atoms with Gasteiger partial charge in [-0.3, -0.25) is 13.6 Å². The molecule has 2 saturated carbocycles. The van der Waals surface area contributed by atoms with Crippen LogP contribution in [0.2, 0.25) is 0 Å². The van der Waals surface area contributed by atoms with Gasteiger partial charge in [-0.1, -0.05) is 6.92 Å². The fourth-order valence-electron chi connectivity index (χ4n) is 4.52. The van der Waals surface area contributed by atoms with Crippen molar-refractivity contribution >= 4 is 27.8 Å². The maximum atomic E-state index is 13.6. The Morgan fingerprint density at radius 1 is 1.05 bits per heavy atom. The minimum atomic E-state index is -1.12. The lowest BCUT2D eigenvalue weighted by Gasteiger charge is -2.28. The van der Waals surface area contributed by atoms with Crippen molar-refractivity contribution in [3.63, 3.8) is 0 Å². The minimum Gasteiger partial charge on any atom is -0.480 e. The molecule has 1 unspecified atom stereocenters. The molecule has 12 nitrogen and oxygen atoms in total. The van der Waals surface area contributed by atoms with Gasteiger partial charge in [0.15, 0.2) is 17.3 Å². The molecule has 0 saturated heterocycles. The second-order valence-corrected chi connectivity index (χ2v) is 11.1. The Morgan fingerprint density at radius 2 is 1.84 bits per heavy atom. The van der Waals surface area contributed by atoms with E-state index in [4.69, 9.17) is 9.72 Å². The molecule has 2 fully saturated rings. The summed E-state index contributed by atoms with van der Waals surface area (Å²) < 4.78 is 19.2. The SMILES string of the molecule is CCS(=O)c1cnc(CNc2nc3cnc(-c4c(OC)ncnc4C4CC4)nc3n(C3CCC3)c2=O)nc1. The predicted octanol–water partition coefficient (Wildman–Crippen LogP) is 2.78. The average Bonchev–Trinajstić information content (AvgIpc) is 3.77. The summed E-state index contributed by atoms with van der Waals surface area (Å²) in [6.45, 7) is 2.03. The van der Waals surface area contributed by atoms with Crippen molar-refractivity contribution < 1.29 is 8.95 Å². The topological polar surface area (TPSA) is 151 Å². The summed E-state index contributed by atoms with van der Waals surface area (Å²) >= 11 is 0. The minimum absolute atomic E-state index is 0.0349. The van der Waals surface area contributed by atoms with Gasteiger partial charge in [0, 0.05) is 30.1 Å². The van der Waals surface area contributed by atoms with Gasteiger partial charge in [0.2, 0.25) is 5.88 Å². The van der Waals surface area contributed by atoms with E-state index in [2.05, 4.69) is 35.2 Å². The molecule has 1 N–H and O–H groups in total. The number of methoxy groups -OCH3 is 1. The van der Waals surface area contributed by atoms with Gasteiger partial charge in [0.05, 0.1) is 41.2 Å². The molecule has 6 rings (SSSR count). The number of nitrogens with one attached hydrogen (secondary N) is 1. The number of hydrogen-bond acceptors (Lipinski definition) is 11. The fraction of sp³-hybridized carbons (Fsp3) is 0.440. The summed E-state index contributed by atoms with van der Waals surface area (Å²) in [5.41, 5.74) is 2.26. The van der Waals surface area contributed by atoms with Gasteiger partial charge in [-0.15, -0.1) is 0 Å². The van der Waals surface area contributed by atoms with Gasteiger partial charge < -0.3 is 10.1 Å². The van der Waals surface area contributed by atoms with Crippen molar-refractivity contribution in [2.45, 2.75) is 62.4 Å². The first kappa shape index (κ1) is 24.5. The number of rotatable bonds is 9. The molecule has 13 heteroatoms. The van der Waals surface area contributed by atoms with E-state index in [9.17, 15) is 9.00 Å². The summed E-state index contributed by atoms with van der Waals surface area (Å²) in [6, 6.07) is 0.0349. The van der Waals surface area contributed by atoms with E-state index in [1.165, 1.54) is 6.33 Å². The highest BCUT2D eigenvalue weighted by Gasteiger charge is 2.32. The third kappa shape index (κ3) is 4.51. The van der Waals surface area contributed by atoms with Gasteiger partial charge in [-0.25, -0.2) is 34.9 Å². The van der Waals surface area contributed by atoms with E-state index in [0.717, 1.165) is 37.8 Å². The molecule has 4 heterocycles. The third-order valence-electron chi connectivity index (χ3n) is 6.92. The van der Waals surface area contributed by atoms with Crippen LogP contribution in [0.5, 0.6) is 5.88 Å². The van der Waals surface area contributed by atoms with Gasteiger partial charge in [-0.2, -0.15) is 0 Å². The van der Waals surface area contributed by atoms with E-state index in [0.29, 0.717) is 50.8 Å². The largest absolute Gasteiger partial charge is 0.480 e. The molecule has 0 bridgehead atoms. The number of ether oxygens (including phenoxy) is 1. The second-order valence-electron chi connectivity index (χ2n) is 9.36. The maximum Gasteiger partial charge on any atom is 0.295 e. The normalized spacial score (nSPS) is 16.3. The molecule has 2 aliphatic carbocycles. The van der Waals surface area contributed by atoms with Crippen LogP contribution in [0.1, 0.15) is 62.5 Å². The molecular formula is C25H27N9O3S. The van der Waals surface area contributed by atoms with Crippen LogP contribution in [0.4, 0.5) is 5.82 Å². The summed E-state index contributed by atoms with van der Waals surface area (Å²) in [4.78, 5) is 45.5. The third-order valence-corrected chi connectivity index (χ3v) is 8.18. The Labute approximate surface area is 220 Å². The summed E-state index contributed by atoms with van der Waals surface area (Å²) in [7, 11) is 0.443. The van der Waals surface area contributed by atoms with Gasteiger partial charge in [-0.05, 0) is 32.1 Å². The number of anilines is 1. The maximum absolute atomic E-state index is 13.6. The van der Waals surface area contributed by atoms with Crippen LogP contribution >= 0.6 is 0 Å². The standard InChI is InChI=1S/C25H27N9O3S/c1-3-38(36)16-9-26-18(27-10-16)12-29-22-25(35)34(15-5-4-6-15)23-17(32-22)11-28-21(33-23)19-20(14-7-8-14)30-13-31-24(19)37-2/h9-11,13-15H,3-8,12H2,1-2H3,(H,29,32). The van der Waals surface area contributed by atoms with Crippen LogP contribution in [0, 0.1) is 0 Å². The Hall–Kier alpha value is -3.87. The summed E-state index contributed by atoms with van der Waals surface area (Å²) in [6.07, 6.45) is 11.2. The van der Waals surface area contributed by atoms with E-state index in [-0.39, 0.29) is 24.0 Å². The van der Waals surface area contributed by atoms with E-state index in [1.807, 2.05) is 6.92 Å². The lowest BCUT2D eigenvalue weighted by atomic mass is 9.93. The molecule has 38 heavy (non-hydrogen) atoms. The van der Waals surface area contributed by atoms with Crippen molar-refractivity contribution in [3.8, 4) is 17.3 Å². The quantitative estimate of drug-likeness (QED) is 0.338. The number of hydrogen-bond donors (Lipinski definition) is 1. The zero-order chi connectivity index (χ0) is 26.2. The molecule has 0 radical (unpaired) electrons. The van der Waals surface area contributed by atoms with Crippen LogP contribution in [0.25, 0.3) is 22.6 Å². The highest BCUT2D eigenvalue weighted by molar-refractivity contribution is 7.85. The van der Waals surface area contributed by atoms with E-state index in [1.54, 1.807) is 30.3 Å². The molecular weight excluding hydrogens is 506 g/mol. The van der Waals surface area contributed by atoms with Crippen molar-refractivity contribution in [1.29, 1.82) is 0 Å². The first-order valence-electron chi connectivity index (χ1n) is 12.7. The van der Waals surface area contributed by atoms with Crippen molar-refractivity contribution in [2.24, 2.45) is 0 Å². The smallest absolute Gasteiger partial charge is 0.295 e. The van der Waals surface area contributed by atoms with E-state index >= 15 is 0 Å². The molecule has 0 aromatic carbocycles. The fourth-order valence-corrected chi connectivity index (χ4v) is 5.19. The number of nitrogens with zero attached hydrogens (tertiary/aromatic N) is 8. The molecule has 196 valence electrons. The summed E-state index contributed by atoms with van der Waals surface area (Å²) in [5, 5.41) is 3.08. The molecule has 4 aromatic rings. The van der Waals surface area contributed by atoms with Crippen LogP contribution in [-0.2, 0) is 17.3 Å². The molecule has 4 aromatic heterocycles. The monoisotopic (exact) mass is 533 g/mol. The van der Waals surface area contributed by atoms with Gasteiger partial charge in [0.25, 0.3) is 5.56 Å². The van der Waals surface area contributed by atoms with Gasteiger partial charge >= 0.3 is 0 Å². The van der Waals surface area contributed by atoms with Crippen molar-refractivity contribution in [1.82, 2.24) is 39.5 Å². The highest BCUT2D eigenvalue weighted by atomic mass is 32.2. The highest BCUT2D eigenvalue weighted by Crippen LogP contribution is 2.45. The lowest BCUT2D eigenvalue weighted by Crippen LogP contribution is -2.32. The first-order chi connectivity index (χ1) is 18.6. The van der Waals surface area contributed by atoms with E-state index < -0.39 is 10.8 Å². The molecule has 1 atom stereocenters. The summed E-state index contributed by atoms with van der Waals surface area (Å²) in [5.74, 6) is 2.32. The first-order valence-corrected chi connectivity index (χ1v) is 14.0. The number of fused-ring (bicyclic) bond motifs is 1. The Balaban J connectivity index is 1.38. The zero-order valence-corrected chi connectivity index (χ0v) is 21.9. The Kier molecular flexibility index (Phi) is 6.52. The number of aromatic nitrogens is 8. The molecule has 0 aliphatic heterocycles. The van der Waals surface area contributed by atoms with Crippen molar-refractivity contribution in [2.75, 3.05) is 18.2 Å². The second kappa shape index (κ2) is 10.1. The molecule has 0 spiro atoms. The lowest BCUT2D eigenvalue weighted by molar-refractivity contribution is 0.313.